The molecule has 21 heavy (non-hydrogen) atoms. The summed E-state index contributed by atoms with van der Waals surface area (Å²) in [5.74, 6) is 0. The lowest BCUT2D eigenvalue weighted by Gasteiger charge is -2.07. The van der Waals surface area contributed by atoms with E-state index in [9.17, 15) is 4.79 Å². The van der Waals surface area contributed by atoms with E-state index in [0.29, 0.717) is 6.54 Å². The fourth-order valence-corrected chi connectivity index (χ4v) is 2.43. The lowest BCUT2D eigenvalue weighted by Crippen LogP contribution is -2.25. The Balaban J connectivity index is 2.13. The molecule has 1 rings (SSSR count). The van der Waals surface area contributed by atoms with Crippen LogP contribution in [0.2, 0.25) is 0 Å². The molecule has 0 saturated heterocycles. The molecule has 0 saturated carbocycles. The highest BCUT2D eigenvalue weighted by atomic mass is 16.5. The number of carbonyl (C=O) groups is 1. The maximum absolute atomic E-state index is 11.1. The van der Waals surface area contributed by atoms with Gasteiger partial charge in [-0.1, -0.05) is 45.4 Å². The van der Waals surface area contributed by atoms with Crippen LogP contribution in [0, 0.1) is 0 Å². The number of allylic oxidation sites excluding steroid dienone is 1. The second-order valence-corrected chi connectivity index (χ2v) is 5.53. The highest BCUT2D eigenvalue weighted by molar-refractivity contribution is 6.04. The van der Waals surface area contributed by atoms with Gasteiger partial charge in [0.05, 0.1) is 7.11 Å². The molecule has 1 amide bonds. The summed E-state index contributed by atoms with van der Waals surface area (Å²) in [4.78, 5) is 15.0. The monoisotopic (exact) mass is 293 g/mol. The van der Waals surface area contributed by atoms with E-state index in [1.54, 1.807) is 0 Å². The molecule has 4 heteroatoms. The minimum Gasteiger partial charge on any atom is -0.451 e. The van der Waals surface area contributed by atoms with Crippen LogP contribution < -0.4 is 0 Å². The van der Waals surface area contributed by atoms with Gasteiger partial charge in [-0.15, -0.1) is 0 Å². The Bertz CT molecular complexity index is 398. The SMILES string of the molecule is CCCCCCCCCC[N+]1=CC=CC(=NC(=O)OC)C1. The number of methoxy groups -OCH3 is 1. The maximum atomic E-state index is 11.1. The molecule has 1 heterocycles. The van der Waals surface area contributed by atoms with E-state index in [1.807, 2.05) is 12.2 Å². The molecule has 0 bridgehead atoms. The van der Waals surface area contributed by atoms with E-state index in [2.05, 4.69) is 27.4 Å². The van der Waals surface area contributed by atoms with E-state index in [4.69, 9.17) is 0 Å². The first kappa shape index (κ1) is 17.6. The topological polar surface area (TPSA) is 41.7 Å². The van der Waals surface area contributed by atoms with Crippen LogP contribution in [-0.4, -0.2) is 42.8 Å². The van der Waals surface area contributed by atoms with Crippen molar-refractivity contribution in [2.45, 2.75) is 58.3 Å². The molecule has 118 valence electrons. The molecule has 1 aliphatic heterocycles. The summed E-state index contributed by atoms with van der Waals surface area (Å²) < 4.78 is 6.76. The molecule has 1 aliphatic rings. The molecule has 4 nitrogen and oxygen atoms in total. The lowest BCUT2D eigenvalue weighted by atomic mass is 10.1. The average molecular weight is 293 g/mol. The molecular weight excluding hydrogens is 264 g/mol. The molecule has 0 unspecified atom stereocenters. The summed E-state index contributed by atoms with van der Waals surface area (Å²) in [6.45, 7) is 3.98. The number of aliphatic imine (C=N–C) groups is 1. The van der Waals surface area contributed by atoms with Gasteiger partial charge in [0, 0.05) is 12.5 Å². The third kappa shape index (κ3) is 8.43. The molecule has 0 aromatic rings. The van der Waals surface area contributed by atoms with Gasteiger partial charge in [0.2, 0.25) is 0 Å². The molecule has 0 atom stereocenters. The maximum Gasteiger partial charge on any atom is 0.433 e. The van der Waals surface area contributed by atoms with Gasteiger partial charge >= 0.3 is 6.09 Å². The number of unbranched alkanes of at least 4 members (excludes halogenated alkanes) is 7. The molecule has 0 aliphatic carbocycles. The Labute approximate surface area is 128 Å². The molecule has 0 spiro atoms. The fourth-order valence-electron chi connectivity index (χ4n) is 2.43. The Morgan fingerprint density at radius 2 is 1.86 bits per heavy atom. The molecule has 0 radical (unpaired) electrons. The van der Waals surface area contributed by atoms with Gasteiger partial charge in [0.15, 0.2) is 12.8 Å². The Morgan fingerprint density at radius 1 is 1.19 bits per heavy atom. The van der Waals surface area contributed by atoms with Crippen molar-refractivity contribution < 1.29 is 14.1 Å². The smallest absolute Gasteiger partial charge is 0.433 e. The molecule has 0 N–H and O–H groups in total. The summed E-state index contributed by atoms with van der Waals surface area (Å²) >= 11 is 0. The third-order valence-corrected chi connectivity index (χ3v) is 3.66. The zero-order valence-corrected chi connectivity index (χ0v) is 13.5. The molecule has 0 fully saturated rings. The summed E-state index contributed by atoms with van der Waals surface area (Å²) in [6, 6.07) is 0. The third-order valence-electron chi connectivity index (χ3n) is 3.66. The van der Waals surface area contributed by atoms with Crippen LogP contribution in [0.1, 0.15) is 58.3 Å². The number of ether oxygens (including phenoxy) is 1. The fraction of sp³-hybridized carbons (Fsp3) is 0.706. The largest absolute Gasteiger partial charge is 0.451 e. The van der Waals surface area contributed by atoms with Crippen LogP contribution in [-0.2, 0) is 4.74 Å². The number of hydrogen-bond acceptors (Lipinski definition) is 2. The first-order valence-corrected chi connectivity index (χ1v) is 8.17. The molecule has 0 aromatic heterocycles. The van der Waals surface area contributed by atoms with Crippen LogP contribution in [0.15, 0.2) is 17.1 Å². The van der Waals surface area contributed by atoms with E-state index < -0.39 is 6.09 Å². The number of amides is 1. The first-order chi connectivity index (χ1) is 10.3. The van der Waals surface area contributed by atoms with Crippen molar-refractivity contribution >= 4 is 18.0 Å². The van der Waals surface area contributed by atoms with Crippen LogP contribution in [0.4, 0.5) is 4.79 Å². The highest BCUT2D eigenvalue weighted by Gasteiger charge is 2.12. The van der Waals surface area contributed by atoms with E-state index in [0.717, 1.165) is 12.3 Å². The zero-order valence-electron chi connectivity index (χ0n) is 13.5. The van der Waals surface area contributed by atoms with Gasteiger partial charge in [-0.25, -0.2) is 9.37 Å². The highest BCUT2D eigenvalue weighted by Crippen LogP contribution is 2.08. The van der Waals surface area contributed by atoms with Crippen LogP contribution in [0.5, 0.6) is 0 Å². The van der Waals surface area contributed by atoms with Crippen molar-refractivity contribution in [3.8, 4) is 0 Å². The normalized spacial score (nSPS) is 16.1. The summed E-state index contributed by atoms with van der Waals surface area (Å²) in [7, 11) is 1.35. The van der Waals surface area contributed by atoms with Gasteiger partial charge in [-0.05, 0) is 12.5 Å². The minimum absolute atomic E-state index is 0.524. The van der Waals surface area contributed by atoms with Gasteiger partial charge < -0.3 is 4.74 Å². The van der Waals surface area contributed by atoms with Crippen molar-refractivity contribution in [2.24, 2.45) is 4.99 Å². The van der Waals surface area contributed by atoms with Crippen LogP contribution in [0.25, 0.3) is 0 Å². The minimum atomic E-state index is -0.524. The van der Waals surface area contributed by atoms with E-state index >= 15 is 0 Å². The van der Waals surface area contributed by atoms with Crippen molar-refractivity contribution in [1.82, 2.24) is 0 Å². The lowest BCUT2D eigenvalue weighted by molar-refractivity contribution is -0.508. The molecule has 0 aromatic carbocycles. The van der Waals surface area contributed by atoms with Gasteiger partial charge in [0.1, 0.15) is 12.3 Å². The van der Waals surface area contributed by atoms with Crippen molar-refractivity contribution in [3.05, 3.63) is 12.2 Å². The summed E-state index contributed by atoms with van der Waals surface area (Å²) in [5.41, 5.74) is 0.768. The summed E-state index contributed by atoms with van der Waals surface area (Å²) in [6.07, 6.45) is 16.0. The van der Waals surface area contributed by atoms with Crippen molar-refractivity contribution in [2.75, 3.05) is 20.2 Å². The quantitative estimate of drug-likeness (QED) is 0.476. The Hall–Kier alpha value is -1.45. The number of rotatable bonds is 9. The predicted molar refractivity (Wildman–Crippen MR) is 87.6 cm³/mol. The molecular formula is C17H29N2O2+. The van der Waals surface area contributed by atoms with Crippen molar-refractivity contribution in [1.29, 1.82) is 0 Å². The second-order valence-electron chi connectivity index (χ2n) is 5.53. The van der Waals surface area contributed by atoms with Crippen molar-refractivity contribution in [3.63, 3.8) is 0 Å². The van der Waals surface area contributed by atoms with Crippen LogP contribution in [0.3, 0.4) is 0 Å². The second kappa shape index (κ2) is 11.2. The Kier molecular flexibility index (Phi) is 9.42. The predicted octanol–water partition coefficient (Wildman–Crippen LogP) is 3.99. The average Bonchev–Trinajstić information content (AvgIpc) is 2.50. The number of nitrogens with zero attached hydrogens (tertiary/aromatic N) is 2. The standard InChI is InChI=1S/C17H29N2O2/c1-3-4-5-6-7-8-9-10-13-19-14-11-12-16(15-19)18-17(20)21-2/h11-12,14H,3-10,13,15H2,1-2H3/q+1. The summed E-state index contributed by atoms with van der Waals surface area (Å²) in [5, 5.41) is 0. The van der Waals surface area contributed by atoms with E-state index in [1.165, 1.54) is 58.5 Å². The number of carbonyl (C=O) groups excluding carboxylic acids is 1. The Morgan fingerprint density at radius 3 is 2.52 bits per heavy atom. The van der Waals surface area contributed by atoms with Crippen LogP contribution >= 0.6 is 0 Å². The number of hydrogen-bond donors (Lipinski definition) is 0. The van der Waals surface area contributed by atoms with Gasteiger partial charge in [0.25, 0.3) is 0 Å². The van der Waals surface area contributed by atoms with Gasteiger partial charge in [-0.3, -0.25) is 0 Å². The zero-order chi connectivity index (χ0) is 15.3. The first-order valence-electron chi connectivity index (χ1n) is 8.17. The van der Waals surface area contributed by atoms with Gasteiger partial charge in [-0.2, -0.15) is 4.99 Å². The van der Waals surface area contributed by atoms with E-state index in [-0.39, 0.29) is 0 Å².